The van der Waals surface area contributed by atoms with Gasteiger partial charge in [-0.3, -0.25) is 0 Å². The maximum atomic E-state index is 13.0. The van der Waals surface area contributed by atoms with Crippen LogP contribution in [0.25, 0.3) is 0 Å². The van der Waals surface area contributed by atoms with Crippen LogP contribution < -0.4 is 4.74 Å². The molecule has 1 unspecified atom stereocenters. The summed E-state index contributed by atoms with van der Waals surface area (Å²) >= 11 is 0. The Bertz CT molecular complexity index is 418. The van der Waals surface area contributed by atoms with Crippen LogP contribution in [-0.4, -0.2) is 32.0 Å². The van der Waals surface area contributed by atoms with Gasteiger partial charge < -0.3 is 14.2 Å². The van der Waals surface area contributed by atoms with Crippen LogP contribution in [0, 0.1) is 5.82 Å². The van der Waals surface area contributed by atoms with E-state index in [1.165, 1.54) is 12.1 Å². The maximum absolute atomic E-state index is 13.0. The van der Waals surface area contributed by atoms with Gasteiger partial charge in [-0.1, -0.05) is 6.07 Å². The van der Waals surface area contributed by atoms with Gasteiger partial charge in [0.25, 0.3) is 0 Å². The Morgan fingerprint density at radius 1 is 1.44 bits per heavy atom. The molecule has 0 saturated carbocycles. The molecular formula is C14H19FO3. The van der Waals surface area contributed by atoms with Crippen molar-refractivity contribution in [3.63, 3.8) is 0 Å². The summed E-state index contributed by atoms with van der Waals surface area (Å²) in [6.07, 6.45) is 0.743. The Morgan fingerprint density at radius 2 is 2.22 bits per heavy atom. The van der Waals surface area contributed by atoms with Gasteiger partial charge in [-0.2, -0.15) is 0 Å². The molecule has 2 rings (SSSR count). The van der Waals surface area contributed by atoms with Gasteiger partial charge in [-0.25, -0.2) is 4.39 Å². The first-order valence-corrected chi connectivity index (χ1v) is 6.08. The van der Waals surface area contributed by atoms with Crippen molar-refractivity contribution in [3.05, 3.63) is 29.6 Å². The van der Waals surface area contributed by atoms with Gasteiger partial charge in [0.1, 0.15) is 18.2 Å². The maximum Gasteiger partial charge on any atom is 0.126 e. The van der Waals surface area contributed by atoms with Gasteiger partial charge in [0.2, 0.25) is 0 Å². The van der Waals surface area contributed by atoms with E-state index >= 15 is 0 Å². The van der Waals surface area contributed by atoms with E-state index in [1.807, 2.05) is 13.8 Å². The van der Waals surface area contributed by atoms with Gasteiger partial charge in [-0.05, 0) is 25.5 Å². The van der Waals surface area contributed by atoms with E-state index in [9.17, 15) is 4.39 Å². The molecule has 1 aromatic carbocycles. The first-order chi connectivity index (χ1) is 8.50. The predicted octanol–water partition coefficient (Wildman–Crippen LogP) is 2.57. The number of methoxy groups -OCH3 is 1. The third-order valence-corrected chi connectivity index (χ3v) is 3.12. The van der Waals surface area contributed by atoms with Crippen LogP contribution in [0.3, 0.4) is 0 Å². The lowest BCUT2D eigenvalue weighted by atomic mass is 10.0. The van der Waals surface area contributed by atoms with Crippen LogP contribution in [0.4, 0.5) is 4.39 Å². The molecule has 0 aliphatic carbocycles. The van der Waals surface area contributed by atoms with E-state index < -0.39 is 0 Å². The summed E-state index contributed by atoms with van der Waals surface area (Å²) in [5, 5.41) is 0. The van der Waals surface area contributed by atoms with E-state index in [-0.39, 0.29) is 17.5 Å². The normalized spacial score (nSPS) is 19.2. The minimum Gasteiger partial charge on any atom is -0.490 e. The summed E-state index contributed by atoms with van der Waals surface area (Å²) in [5.74, 6) is 0.356. The summed E-state index contributed by atoms with van der Waals surface area (Å²) in [6.45, 7) is 4.91. The number of hydrogen-bond donors (Lipinski definition) is 0. The Hall–Kier alpha value is -1.13. The lowest BCUT2D eigenvalue weighted by molar-refractivity contribution is -0.0859. The molecule has 100 valence electrons. The lowest BCUT2D eigenvalue weighted by Crippen LogP contribution is -2.36. The summed E-state index contributed by atoms with van der Waals surface area (Å²) in [7, 11) is 1.67. The quantitative estimate of drug-likeness (QED) is 0.826. The topological polar surface area (TPSA) is 27.7 Å². The Morgan fingerprint density at radius 3 is 2.94 bits per heavy atom. The van der Waals surface area contributed by atoms with Crippen molar-refractivity contribution < 1.29 is 18.6 Å². The molecule has 1 aromatic rings. The SMILES string of the molecule is COC(C)(C)COC1COc2cc(F)ccc2C1. The average molecular weight is 254 g/mol. The van der Waals surface area contributed by atoms with E-state index in [4.69, 9.17) is 14.2 Å². The number of halogens is 1. The van der Waals surface area contributed by atoms with Gasteiger partial charge in [0, 0.05) is 19.6 Å². The van der Waals surface area contributed by atoms with Crippen molar-refractivity contribution >= 4 is 0 Å². The van der Waals surface area contributed by atoms with Crippen LogP contribution in [0.15, 0.2) is 18.2 Å². The highest BCUT2D eigenvalue weighted by molar-refractivity contribution is 5.36. The van der Waals surface area contributed by atoms with E-state index in [1.54, 1.807) is 13.2 Å². The first-order valence-electron chi connectivity index (χ1n) is 6.08. The molecule has 0 spiro atoms. The molecule has 0 amide bonds. The summed E-state index contributed by atoms with van der Waals surface area (Å²) in [4.78, 5) is 0. The molecule has 1 aliphatic rings. The molecule has 0 aromatic heterocycles. The number of hydrogen-bond acceptors (Lipinski definition) is 3. The zero-order valence-corrected chi connectivity index (χ0v) is 11.0. The largest absolute Gasteiger partial charge is 0.490 e. The van der Waals surface area contributed by atoms with Crippen LogP contribution in [0.2, 0.25) is 0 Å². The lowest BCUT2D eigenvalue weighted by Gasteiger charge is -2.29. The number of ether oxygens (including phenoxy) is 3. The van der Waals surface area contributed by atoms with Crippen molar-refractivity contribution in [1.82, 2.24) is 0 Å². The molecule has 0 radical (unpaired) electrons. The summed E-state index contributed by atoms with van der Waals surface area (Å²) < 4.78 is 29.6. The highest BCUT2D eigenvalue weighted by Gasteiger charge is 2.24. The second kappa shape index (κ2) is 5.24. The number of rotatable bonds is 4. The van der Waals surface area contributed by atoms with Crippen LogP contribution >= 0.6 is 0 Å². The van der Waals surface area contributed by atoms with Crippen molar-refractivity contribution in [2.24, 2.45) is 0 Å². The zero-order valence-electron chi connectivity index (χ0n) is 11.0. The van der Waals surface area contributed by atoms with Crippen molar-refractivity contribution in [2.45, 2.75) is 32.0 Å². The average Bonchev–Trinajstić information content (AvgIpc) is 2.36. The van der Waals surface area contributed by atoms with Crippen LogP contribution in [0.1, 0.15) is 19.4 Å². The molecule has 3 nitrogen and oxygen atoms in total. The molecule has 1 atom stereocenters. The van der Waals surface area contributed by atoms with Gasteiger partial charge >= 0.3 is 0 Å². The van der Waals surface area contributed by atoms with Gasteiger partial charge in [0.05, 0.1) is 18.3 Å². The first kappa shape index (κ1) is 13.3. The highest BCUT2D eigenvalue weighted by Crippen LogP contribution is 2.27. The number of fused-ring (bicyclic) bond motifs is 1. The Kier molecular flexibility index (Phi) is 3.88. The fourth-order valence-electron chi connectivity index (χ4n) is 1.80. The minimum absolute atomic E-state index is 0.00242. The predicted molar refractivity (Wildman–Crippen MR) is 66.4 cm³/mol. The van der Waals surface area contributed by atoms with Gasteiger partial charge in [-0.15, -0.1) is 0 Å². The van der Waals surface area contributed by atoms with E-state index in [2.05, 4.69) is 0 Å². The van der Waals surface area contributed by atoms with Crippen molar-refractivity contribution in [3.8, 4) is 5.75 Å². The van der Waals surface area contributed by atoms with Crippen LogP contribution in [0.5, 0.6) is 5.75 Å². The second-order valence-electron chi connectivity index (χ2n) is 5.16. The molecule has 1 heterocycles. The molecule has 0 N–H and O–H groups in total. The molecule has 0 fully saturated rings. The third kappa shape index (κ3) is 3.21. The van der Waals surface area contributed by atoms with Gasteiger partial charge in [0.15, 0.2) is 0 Å². The monoisotopic (exact) mass is 254 g/mol. The molecule has 0 bridgehead atoms. The molecule has 18 heavy (non-hydrogen) atoms. The second-order valence-corrected chi connectivity index (χ2v) is 5.16. The Labute approximate surface area is 107 Å². The third-order valence-electron chi connectivity index (χ3n) is 3.12. The summed E-state index contributed by atoms with van der Waals surface area (Å²) in [6, 6.07) is 4.62. The van der Waals surface area contributed by atoms with E-state index in [0.717, 1.165) is 12.0 Å². The molecule has 4 heteroatoms. The van der Waals surface area contributed by atoms with Crippen molar-refractivity contribution in [1.29, 1.82) is 0 Å². The fourth-order valence-corrected chi connectivity index (χ4v) is 1.80. The standard InChI is InChI=1S/C14H19FO3/c1-14(2,16-3)9-18-12-6-10-4-5-11(15)7-13(10)17-8-12/h4-5,7,12H,6,8-9H2,1-3H3. The van der Waals surface area contributed by atoms with E-state index in [0.29, 0.717) is 19.0 Å². The van der Waals surface area contributed by atoms with Crippen molar-refractivity contribution in [2.75, 3.05) is 20.3 Å². The zero-order chi connectivity index (χ0) is 13.2. The van der Waals surface area contributed by atoms with Crippen LogP contribution in [-0.2, 0) is 15.9 Å². The highest BCUT2D eigenvalue weighted by atomic mass is 19.1. The molecule has 1 aliphatic heterocycles. The molecule has 0 saturated heterocycles. The minimum atomic E-state index is -0.303. The number of benzene rings is 1. The smallest absolute Gasteiger partial charge is 0.126 e. The molecular weight excluding hydrogens is 235 g/mol. The Balaban J connectivity index is 1.94. The fraction of sp³-hybridized carbons (Fsp3) is 0.571. The summed E-state index contributed by atoms with van der Waals surface area (Å²) in [5.41, 5.74) is 0.686.